The summed E-state index contributed by atoms with van der Waals surface area (Å²) in [6.07, 6.45) is 2.16. The fraction of sp³-hybridized carbons (Fsp3) is 0.375. The third kappa shape index (κ3) is 8.57. The molecule has 0 bridgehead atoms. The minimum Gasteiger partial charge on any atom is -0.480 e. The molecule has 0 saturated heterocycles. The average molecular weight is 576 g/mol. The second-order valence-electron chi connectivity index (χ2n) is 8.82. The molecule has 3 rings (SSSR count). The van der Waals surface area contributed by atoms with Crippen LogP contribution >= 0.6 is 37.2 Å². The van der Waals surface area contributed by atoms with Crippen LogP contribution in [0.3, 0.4) is 0 Å². The van der Waals surface area contributed by atoms with Gasteiger partial charge in [0, 0.05) is 36.8 Å². The first-order valence-corrected chi connectivity index (χ1v) is 11.0. The number of nitrogens with zero attached hydrogens (tertiary/aromatic N) is 1. The lowest BCUT2D eigenvalue weighted by atomic mass is 9.92. The number of halogens is 3. The molecule has 2 aromatic rings. The van der Waals surface area contributed by atoms with Gasteiger partial charge in [0.25, 0.3) is 0 Å². The van der Waals surface area contributed by atoms with Crippen molar-refractivity contribution in [1.29, 1.82) is 5.41 Å². The van der Waals surface area contributed by atoms with Crippen LogP contribution in [0, 0.1) is 11.3 Å². The number of nitrogen functional groups attached to an aromatic ring is 1. The molecular weight excluding hydrogens is 543 g/mol. The van der Waals surface area contributed by atoms with Gasteiger partial charge in [-0.2, -0.15) is 0 Å². The Morgan fingerprint density at radius 3 is 2.30 bits per heavy atom. The van der Waals surface area contributed by atoms with E-state index >= 15 is 0 Å². The molecule has 1 aliphatic carbocycles. The number of carboxylic acids is 1. The molecule has 13 heteroatoms. The van der Waals surface area contributed by atoms with Gasteiger partial charge in [0.15, 0.2) is 0 Å². The van der Waals surface area contributed by atoms with Gasteiger partial charge in [-0.3, -0.25) is 30.1 Å². The molecule has 1 aromatic carbocycles. The molecule has 2 amide bonds. The number of hydrogen-bond donors (Lipinski definition) is 6. The van der Waals surface area contributed by atoms with Crippen LogP contribution in [0.5, 0.6) is 0 Å². The van der Waals surface area contributed by atoms with E-state index in [4.69, 9.17) is 16.2 Å². The number of pyridine rings is 1. The lowest BCUT2D eigenvalue weighted by Crippen LogP contribution is -2.63. The van der Waals surface area contributed by atoms with Crippen molar-refractivity contribution >= 4 is 60.8 Å². The first-order chi connectivity index (χ1) is 16.1. The summed E-state index contributed by atoms with van der Waals surface area (Å²) in [4.78, 5) is 42.0. The maximum atomic E-state index is 13.5. The third-order valence-electron chi connectivity index (χ3n) is 5.88. The smallest absolute Gasteiger partial charge is 0.317 e. The number of carboxylic acid groups (broad SMARTS) is 1. The molecule has 1 unspecified atom stereocenters. The lowest BCUT2D eigenvalue weighted by Gasteiger charge is -2.32. The highest BCUT2D eigenvalue weighted by molar-refractivity contribution is 5.95. The predicted octanol–water partition coefficient (Wildman–Crippen LogP) is 1.60. The number of nitrogens with two attached hydrogens (primary N) is 1. The SMILES string of the molecule is CC(C)[C@@H](NCC(=O)O)C(=O)NC1(C(=O)NCc2ccc(C(=N)N)cc2)Cc2cccnc2C1.Cl.Cl.Cl. The summed E-state index contributed by atoms with van der Waals surface area (Å²) in [7, 11) is 0. The molecule has 37 heavy (non-hydrogen) atoms. The second-order valence-corrected chi connectivity index (χ2v) is 8.82. The molecule has 0 aliphatic heterocycles. The summed E-state index contributed by atoms with van der Waals surface area (Å²) in [6.45, 7) is 3.47. The Kier molecular flexibility index (Phi) is 13.6. The highest BCUT2D eigenvalue weighted by Gasteiger charge is 2.46. The van der Waals surface area contributed by atoms with Crippen LogP contribution in [0.4, 0.5) is 0 Å². The summed E-state index contributed by atoms with van der Waals surface area (Å²) in [5.41, 5.74) is 7.26. The number of nitrogens with one attached hydrogen (secondary N) is 4. The Labute approximate surface area is 234 Å². The van der Waals surface area contributed by atoms with Crippen molar-refractivity contribution in [2.75, 3.05) is 6.54 Å². The summed E-state index contributed by atoms with van der Waals surface area (Å²) in [5, 5.41) is 25.1. The molecule has 1 aliphatic rings. The molecular formula is C24H33Cl3N6O4. The first kappa shape index (κ1) is 34.1. The van der Waals surface area contributed by atoms with Crippen molar-refractivity contribution in [2.45, 2.75) is 44.8 Å². The molecule has 0 fully saturated rings. The van der Waals surface area contributed by atoms with Gasteiger partial charge >= 0.3 is 5.97 Å². The van der Waals surface area contributed by atoms with Crippen LogP contribution in [-0.2, 0) is 33.8 Å². The standard InChI is InChI=1S/C24H30N6O4.3ClH/c1-14(2)20(28-13-19(31)32)22(33)30-24(10-17-4-3-9-27-18(17)11-24)23(34)29-12-15-5-7-16(8-6-15)21(25)26;;;/h3-9,14,20,28H,10-13H2,1-2H3,(H3,25,26)(H,29,34)(H,30,33)(H,31,32);3*1H/t20-,24?;;;/m1.../s1. The minimum atomic E-state index is -1.24. The van der Waals surface area contributed by atoms with Crippen LogP contribution < -0.4 is 21.7 Å². The van der Waals surface area contributed by atoms with Crippen molar-refractivity contribution < 1.29 is 19.5 Å². The van der Waals surface area contributed by atoms with Crippen molar-refractivity contribution in [3.05, 3.63) is 65.0 Å². The lowest BCUT2D eigenvalue weighted by molar-refractivity contribution is -0.137. The van der Waals surface area contributed by atoms with Gasteiger partial charge in [0.2, 0.25) is 11.8 Å². The number of benzene rings is 1. The molecule has 0 saturated carbocycles. The molecule has 7 N–H and O–H groups in total. The highest BCUT2D eigenvalue weighted by atomic mass is 35.5. The van der Waals surface area contributed by atoms with E-state index in [9.17, 15) is 14.4 Å². The fourth-order valence-corrected chi connectivity index (χ4v) is 4.07. The van der Waals surface area contributed by atoms with Gasteiger partial charge in [-0.25, -0.2) is 0 Å². The highest BCUT2D eigenvalue weighted by Crippen LogP contribution is 2.29. The normalized spacial score (nSPS) is 16.2. The van der Waals surface area contributed by atoms with E-state index in [0.717, 1.165) is 16.8 Å². The van der Waals surface area contributed by atoms with E-state index in [1.807, 2.05) is 19.9 Å². The van der Waals surface area contributed by atoms with Crippen molar-refractivity contribution in [3.8, 4) is 0 Å². The van der Waals surface area contributed by atoms with Crippen molar-refractivity contribution in [3.63, 3.8) is 0 Å². The summed E-state index contributed by atoms with van der Waals surface area (Å²) in [6, 6.07) is 9.85. The second kappa shape index (κ2) is 14.7. The van der Waals surface area contributed by atoms with Gasteiger partial charge in [-0.15, -0.1) is 37.2 Å². The molecule has 0 radical (unpaired) electrons. The van der Waals surface area contributed by atoms with Gasteiger partial charge < -0.3 is 21.5 Å². The largest absolute Gasteiger partial charge is 0.480 e. The number of aliphatic carboxylic acids is 1. The minimum absolute atomic E-state index is 0. The van der Waals surface area contributed by atoms with Crippen LogP contribution in [0.2, 0.25) is 0 Å². The van der Waals surface area contributed by atoms with E-state index in [-0.39, 0.29) is 80.8 Å². The van der Waals surface area contributed by atoms with Crippen LogP contribution in [0.1, 0.15) is 36.2 Å². The zero-order valence-electron chi connectivity index (χ0n) is 20.4. The Morgan fingerprint density at radius 2 is 1.76 bits per heavy atom. The number of hydrogen-bond acceptors (Lipinski definition) is 6. The summed E-state index contributed by atoms with van der Waals surface area (Å²) < 4.78 is 0. The fourth-order valence-electron chi connectivity index (χ4n) is 4.07. The maximum Gasteiger partial charge on any atom is 0.317 e. The topological polar surface area (TPSA) is 170 Å². The number of carbonyl (C=O) groups is 3. The van der Waals surface area contributed by atoms with E-state index < -0.39 is 23.5 Å². The molecule has 1 heterocycles. The Morgan fingerprint density at radius 1 is 1.11 bits per heavy atom. The Bertz CT molecular complexity index is 1070. The quantitative estimate of drug-likeness (QED) is 0.184. The zero-order valence-corrected chi connectivity index (χ0v) is 22.9. The molecule has 0 spiro atoms. The van der Waals surface area contributed by atoms with Crippen molar-refractivity contribution in [2.24, 2.45) is 11.7 Å². The van der Waals surface area contributed by atoms with E-state index in [2.05, 4.69) is 20.9 Å². The van der Waals surface area contributed by atoms with E-state index in [1.165, 1.54) is 0 Å². The van der Waals surface area contributed by atoms with Crippen LogP contribution in [0.15, 0.2) is 42.6 Å². The maximum absolute atomic E-state index is 13.5. The van der Waals surface area contributed by atoms with Gasteiger partial charge in [0.05, 0.1) is 12.6 Å². The van der Waals surface area contributed by atoms with Gasteiger partial charge in [-0.1, -0.05) is 44.2 Å². The van der Waals surface area contributed by atoms with Gasteiger partial charge in [0.1, 0.15) is 11.4 Å². The number of rotatable bonds is 10. The molecule has 1 aromatic heterocycles. The Balaban J connectivity index is 0.00000432. The number of aromatic nitrogens is 1. The average Bonchev–Trinajstić information content (AvgIpc) is 3.16. The number of fused-ring (bicyclic) bond motifs is 1. The van der Waals surface area contributed by atoms with Crippen LogP contribution in [0.25, 0.3) is 0 Å². The number of amidine groups is 1. The summed E-state index contributed by atoms with van der Waals surface area (Å²) in [5.74, 6) is -2.09. The zero-order chi connectivity index (χ0) is 24.9. The summed E-state index contributed by atoms with van der Waals surface area (Å²) >= 11 is 0. The molecule has 2 atom stereocenters. The predicted molar refractivity (Wildman–Crippen MR) is 148 cm³/mol. The molecule has 204 valence electrons. The first-order valence-electron chi connectivity index (χ1n) is 11.0. The van der Waals surface area contributed by atoms with Gasteiger partial charge in [-0.05, 0) is 23.1 Å². The van der Waals surface area contributed by atoms with E-state index in [0.29, 0.717) is 5.56 Å². The number of amides is 2. The van der Waals surface area contributed by atoms with Crippen molar-refractivity contribution in [1.82, 2.24) is 20.9 Å². The molecule has 10 nitrogen and oxygen atoms in total. The Hall–Kier alpha value is -2.92. The monoisotopic (exact) mass is 574 g/mol. The van der Waals surface area contributed by atoms with E-state index in [1.54, 1.807) is 36.5 Å². The number of carbonyl (C=O) groups excluding carboxylic acids is 2. The van der Waals surface area contributed by atoms with Crippen LogP contribution in [-0.4, -0.2) is 51.8 Å². The third-order valence-corrected chi connectivity index (χ3v) is 5.88.